The van der Waals surface area contributed by atoms with E-state index in [0.29, 0.717) is 0 Å². The molecule has 0 bridgehead atoms. The lowest BCUT2D eigenvalue weighted by Crippen LogP contribution is -2.25. The Labute approximate surface area is 170 Å². The third kappa shape index (κ3) is 6.79. The minimum atomic E-state index is 0.814. The van der Waals surface area contributed by atoms with Gasteiger partial charge in [0.05, 0.1) is 0 Å². The van der Waals surface area contributed by atoms with Gasteiger partial charge in [-0.3, -0.25) is 0 Å². The zero-order chi connectivity index (χ0) is 18.9. The summed E-state index contributed by atoms with van der Waals surface area (Å²) in [6.45, 7) is 6.33. The minimum Gasteiger partial charge on any atom is -0.103 e. The highest BCUT2D eigenvalue weighted by Gasteiger charge is 2.30. The summed E-state index contributed by atoms with van der Waals surface area (Å²) in [5, 5.41) is 0. The van der Waals surface area contributed by atoms with E-state index in [2.05, 4.69) is 31.7 Å². The Hall–Kier alpha value is -0.520. The maximum absolute atomic E-state index is 3.97. The smallest absolute Gasteiger partial charge is 0.0233 e. The van der Waals surface area contributed by atoms with E-state index < -0.39 is 0 Å². The normalized spacial score (nSPS) is 38.1. The van der Waals surface area contributed by atoms with E-state index in [9.17, 15) is 0 Å². The maximum atomic E-state index is 3.97. The van der Waals surface area contributed by atoms with Crippen LogP contribution in [0.1, 0.15) is 110 Å². The quantitative estimate of drug-likeness (QED) is 0.375. The summed E-state index contributed by atoms with van der Waals surface area (Å²) < 4.78 is 0. The molecule has 3 aliphatic carbocycles. The van der Waals surface area contributed by atoms with Gasteiger partial charge in [0.1, 0.15) is 0 Å². The fourth-order valence-corrected chi connectivity index (χ4v) is 6.50. The average molecular weight is 371 g/mol. The molecule has 0 aromatic carbocycles. The van der Waals surface area contributed by atoms with Crippen LogP contribution in [-0.4, -0.2) is 0 Å². The van der Waals surface area contributed by atoms with E-state index in [1.807, 2.05) is 0 Å². The first kappa shape index (κ1) is 21.2. The number of allylic oxidation sites excluding steroid dienone is 3. The van der Waals surface area contributed by atoms with E-state index in [-0.39, 0.29) is 0 Å². The van der Waals surface area contributed by atoms with E-state index in [4.69, 9.17) is 0 Å². The van der Waals surface area contributed by atoms with Gasteiger partial charge >= 0.3 is 0 Å². The number of hydrogen-bond acceptors (Lipinski definition) is 0. The topological polar surface area (TPSA) is 0 Å². The molecule has 3 saturated carbocycles. The Balaban J connectivity index is 1.27. The molecule has 0 saturated heterocycles. The minimum absolute atomic E-state index is 0.814. The fourth-order valence-electron chi connectivity index (χ4n) is 6.50. The fraction of sp³-hybridized carbons (Fsp3) is 0.852. The summed E-state index contributed by atoms with van der Waals surface area (Å²) in [5.74, 6) is 5.91. The zero-order valence-electron chi connectivity index (χ0n) is 18.2. The van der Waals surface area contributed by atoms with Crippen molar-refractivity contribution in [1.29, 1.82) is 0 Å². The molecule has 0 aliphatic heterocycles. The predicted molar refractivity (Wildman–Crippen MR) is 120 cm³/mol. The van der Waals surface area contributed by atoms with Gasteiger partial charge in [-0.1, -0.05) is 50.8 Å². The molecule has 27 heavy (non-hydrogen) atoms. The van der Waals surface area contributed by atoms with Gasteiger partial charge in [0.15, 0.2) is 0 Å². The number of hydrogen-bond donors (Lipinski definition) is 0. The standard InChI is InChI=1S/C27H46/c1-3-7-23-14-18-26(19-15-23)27-20-16-25(17-21-27)9-6-5-8-24-12-10-22(4-2)11-13-24/h4,6,9,22-27H,2-3,5,7-8,10-21H2,1H3/b9-6+. The first-order valence-corrected chi connectivity index (χ1v) is 12.6. The highest BCUT2D eigenvalue weighted by molar-refractivity contribution is 4.93. The molecule has 0 aromatic heterocycles. The van der Waals surface area contributed by atoms with Crippen molar-refractivity contribution in [3.63, 3.8) is 0 Å². The molecule has 0 unspecified atom stereocenters. The second kappa shape index (κ2) is 11.5. The lowest BCUT2D eigenvalue weighted by Gasteiger charge is -2.37. The zero-order valence-corrected chi connectivity index (χ0v) is 18.2. The van der Waals surface area contributed by atoms with E-state index >= 15 is 0 Å². The van der Waals surface area contributed by atoms with Crippen molar-refractivity contribution in [2.75, 3.05) is 0 Å². The lowest BCUT2D eigenvalue weighted by atomic mass is 9.68. The molecule has 0 atom stereocenters. The average Bonchev–Trinajstić information content (AvgIpc) is 2.73. The van der Waals surface area contributed by atoms with Crippen LogP contribution in [0.15, 0.2) is 24.8 Å². The predicted octanol–water partition coefficient (Wildman–Crippen LogP) is 8.73. The van der Waals surface area contributed by atoms with Gasteiger partial charge in [0, 0.05) is 0 Å². The van der Waals surface area contributed by atoms with Crippen LogP contribution in [0.3, 0.4) is 0 Å². The van der Waals surface area contributed by atoms with Crippen molar-refractivity contribution in [3.05, 3.63) is 24.8 Å². The van der Waals surface area contributed by atoms with Crippen LogP contribution in [0, 0.1) is 35.5 Å². The number of rotatable bonds is 8. The van der Waals surface area contributed by atoms with Crippen LogP contribution in [0.5, 0.6) is 0 Å². The lowest BCUT2D eigenvalue weighted by molar-refractivity contribution is 0.152. The van der Waals surface area contributed by atoms with Crippen LogP contribution < -0.4 is 0 Å². The summed E-state index contributed by atoms with van der Waals surface area (Å²) in [7, 11) is 0. The Morgan fingerprint density at radius 2 is 1.19 bits per heavy atom. The molecule has 0 amide bonds. The summed E-state index contributed by atoms with van der Waals surface area (Å²) in [6.07, 6.45) is 30.8. The van der Waals surface area contributed by atoms with E-state index in [0.717, 1.165) is 35.5 Å². The van der Waals surface area contributed by atoms with Crippen LogP contribution >= 0.6 is 0 Å². The Bertz CT molecular complexity index is 423. The largest absolute Gasteiger partial charge is 0.103 e. The SMILES string of the molecule is C=CC1CCC(CC/C=C/C2CCC(C3CCC(CCC)CC3)CC2)CC1. The molecule has 0 N–H and O–H groups in total. The first-order valence-electron chi connectivity index (χ1n) is 12.6. The van der Waals surface area contributed by atoms with E-state index in [1.54, 1.807) is 12.8 Å². The third-order valence-corrected chi connectivity index (χ3v) is 8.45. The van der Waals surface area contributed by atoms with Crippen LogP contribution in [0.4, 0.5) is 0 Å². The van der Waals surface area contributed by atoms with Gasteiger partial charge in [-0.2, -0.15) is 0 Å². The van der Waals surface area contributed by atoms with Gasteiger partial charge in [-0.25, -0.2) is 0 Å². The summed E-state index contributed by atoms with van der Waals surface area (Å²) >= 11 is 0. The molecule has 154 valence electrons. The highest BCUT2D eigenvalue weighted by atomic mass is 14.4. The molecule has 0 heteroatoms. The van der Waals surface area contributed by atoms with E-state index in [1.165, 1.54) is 89.9 Å². The van der Waals surface area contributed by atoms with Gasteiger partial charge in [-0.15, -0.1) is 6.58 Å². The molecule has 0 aromatic rings. The van der Waals surface area contributed by atoms with Crippen molar-refractivity contribution < 1.29 is 0 Å². The van der Waals surface area contributed by atoms with Gasteiger partial charge in [-0.05, 0) is 113 Å². The first-order chi connectivity index (χ1) is 13.3. The Morgan fingerprint density at radius 1 is 0.667 bits per heavy atom. The molecule has 3 fully saturated rings. The van der Waals surface area contributed by atoms with Crippen molar-refractivity contribution in [2.45, 2.75) is 110 Å². The van der Waals surface area contributed by atoms with Crippen molar-refractivity contribution in [2.24, 2.45) is 35.5 Å². The van der Waals surface area contributed by atoms with Crippen LogP contribution in [0.25, 0.3) is 0 Å². The highest BCUT2D eigenvalue weighted by Crippen LogP contribution is 2.42. The second-order valence-corrected chi connectivity index (χ2v) is 10.3. The van der Waals surface area contributed by atoms with Crippen LogP contribution in [-0.2, 0) is 0 Å². The molecule has 0 spiro atoms. The molecule has 0 nitrogen and oxygen atoms in total. The molecule has 0 radical (unpaired) electrons. The molecule has 3 rings (SSSR count). The summed E-state index contributed by atoms with van der Waals surface area (Å²) in [4.78, 5) is 0. The van der Waals surface area contributed by atoms with Gasteiger partial charge in [0.2, 0.25) is 0 Å². The summed E-state index contributed by atoms with van der Waals surface area (Å²) in [5.41, 5.74) is 0. The van der Waals surface area contributed by atoms with Crippen LogP contribution in [0.2, 0.25) is 0 Å². The maximum Gasteiger partial charge on any atom is -0.0233 e. The van der Waals surface area contributed by atoms with Gasteiger partial charge < -0.3 is 0 Å². The third-order valence-electron chi connectivity index (χ3n) is 8.45. The van der Waals surface area contributed by atoms with Crippen molar-refractivity contribution >= 4 is 0 Å². The van der Waals surface area contributed by atoms with Crippen molar-refractivity contribution in [1.82, 2.24) is 0 Å². The summed E-state index contributed by atoms with van der Waals surface area (Å²) in [6, 6.07) is 0. The Kier molecular flexibility index (Phi) is 9.01. The Morgan fingerprint density at radius 3 is 1.78 bits per heavy atom. The van der Waals surface area contributed by atoms with Crippen molar-refractivity contribution in [3.8, 4) is 0 Å². The second-order valence-electron chi connectivity index (χ2n) is 10.3. The molecular weight excluding hydrogens is 324 g/mol. The monoisotopic (exact) mass is 370 g/mol. The molecule has 3 aliphatic rings. The molecular formula is C27H46. The van der Waals surface area contributed by atoms with Gasteiger partial charge in [0.25, 0.3) is 0 Å². The molecule has 0 heterocycles.